The summed E-state index contributed by atoms with van der Waals surface area (Å²) in [6, 6.07) is 3.74. The van der Waals surface area contributed by atoms with Gasteiger partial charge in [0.1, 0.15) is 15.8 Å². The molecule has 1 aliphatic heterocycles. The molecule has 0 spiro atoms. The van der Waals surface area contributed by atoms with E-state index in [9.17, 15) is 9.59 Å². The zero-order valence-electron chi connectivity index (χ0n) is 18.8. The van der Waals surface area contributed by atoms with Gasteiger partial charge in [-0.3, -0.25) is 18.9 Å². The van der Waals surface area contributed by atoms with Crippen molar-refractivity contribution in [2.45, 2.75) is 46.5 Å². The number of hydrogen-bond acceptors (Lipinski definition) is 7. The van der Waals surface area contributed by atoms with Crippen LogP contribution in [0.25, 0.3) is 11.7 Å². The predicted molar refractivity (Wildman–Crippen MR) is 135 cm³/mol. The Morgan fingerprint density at radius 3 is 2.78 bits per heavy atom. The first-order chi connectivity index (χ1) is 15.5. The van der Waals surface area contributed by atoms with Gasteiger partial charge in [-0.2, -0.15) is 0 Å². The lowest BCUT2D eigenvalue weighted by atomic mass is 10.2. The van der Waals surface area contributed by atoms with E-state index < -0.39 is 0 Å². The molecule has 0 saturated carbocycles. The molecule has 0 aromatic carbocycles. The first-order valence-corrected chi connectivity index (χ1v) is 12.3. The second-order valence-electron chi connectivity index (χ2n) is 7.63. The average molecular weight is 475 g/mol. The van der Waals surface area contributed by atoms with Crippen molar-refractivity contribution < 1.29 is 9.53 Å². The summed E-state index contributed by atoms with van der Waals surface area (Å²) in [5, 5.41) is 3.26. The number of anilines is 1. The number of thioether (sulfide) groups is 1. The molecule has 3 rings (SSSR count). The number of unbranched alkanes of at least 4 members (excludes halogenated alkanes) is 2. The van der Waals surface area contributed by atoms with Crippen LogP contribution in [-0.2, 0) is 9.53 Å². The van der Waals surface area contributed by atoms with E-state index in [4.69, 9.17) is 17.0 Å². The third-order valence-corrected chi connectivity index (χ3v) is 6.48. The van der Waals surface area contributed by atoms with Crippen LogP contribution < -0.4 is 10.9 Å². The van der Waals surface area contributed by atoms with Gasteiger partial charge in [0.05, 0.1) is 10.5 Å². The number of carbonyl (C=O) groups excluding carboxylic acids is 1. The van der Waals surface area contributed by atoms with E-state index in [-0.39, 0.29) is 11.5 Å². The molecule has 1 saturated heterocycles. The molecule has 0 unspecified atom stereocenters. The topological polar surface area (TPSA) is 75.9 Å². The lowest BCUT2D eigenvalue weighted by Crippen LogP contribution is -2.29. The van der Waals surface area contributed by atoms with Crippen LogP contribution in [0.3, 0.4) is 0 Å². The first-order valence-electron chi connectivity index (χ1n) is 11.1. The van der Waals surface area contributed by atoms with Gasteiger partial charge in [0.15, 0.2) is 0 Å². The lowest BCUT2D eigenvalue weighted by Gasteiger charge is -2.13. The van der Waals surface area contributed by atoms with Crippen molar-refractivity contribution >= 4 is 51.7 Å². The van der Waals surface area contributed by atoms with Crippen molar-refractivity contribution in [3.05, 3.63) is 44.7 Å². The molecule has 1 aliphatic rings. The highest BCUT2D eigenvalue weighted by molar-refractivity contribution is 8.26. The highest BCUT2D eigenvalue weighted by Gasteiger charge is 2.32. The molecule has 1 amide bonds. The van der Waals surface area contributed by atoms with E-state index in [1.54, 1.807) is 17.2 Å². The molecule has 1 N–H and O–H groups in total. The fourth-order valence-corrected chi connectivity index (χ4v) is 4.68. The summed E-state index contributed by atoms with van der Waals surface area (Å²) in [5.74, 6) is 0.318. The van der Waals surface area contributed by atoms with Gasteiger partial charge < -0.3 is 10.1 Å². The van der Waals surface area contributed by atoms with E-state index in [1.807, 2.05) is 26.0 Å². The minimum absolute atomic E-state index is 0.146. The number of amides is 1. The Kier molecular flexibility index (Phi) is 8.84. The second kappa shape index (κ2) is 11.6. The number of rotatable bonds is 11. The van der Waals surface area contributed by atoms with Gasteiger partial charge in [-0.25, -0.2) is 4.98 Å². The number of pyridine rings is 1. The van der Waals surface area contributed by atoms with Crippen LogP contribution in [-0.4, -0.2) is 50.8 Å². The normalized spacial score (nSPS) is 15.3. The Morgan fingerprint density at radius 1 is 1.22 bits per heavy atom. The molecular weight excluding hydrogens is 444 g/mol. The molecule has 0 bridgehead atoms. The van der Waals surface area contributed by atoms with Crippen LogP contribution in [0.2, 0.25) is 0 Å². The van der Waals surface area contributed by atoms with Gasteiger partial charge >= 0.3 is 0 Å². The van der Waals surface area contributed by atoms with E-state index in [0.29, 0.717) is 52.6 Å². The maximum atomic E-state index is 13.4. The van der Waals surface area contributed by atoms with Gasteiger partial charge in [-0.15, -0.1) is 0 Å². The average Bonchev–Trinajstić information content (AvgIpc) is 3.04. The van der Waals surface area contributed by atoms with Crippen molar-refractivity contribution in [3.8, 4) is 0 Å². The lowest BCUT2D eigenvalue weighted by molar-refractivity contribution is -0.122. The van der Waals surface area contributed by atoms with Gasteiger partial charge in [0.25, 0.3) is 11.5 Å². The predicted octanol–water partition coefficient (Wildman–Crippen LogP) is 4.23. The number of fused-ring (bicyclic) bond motifs is 1. The number of ether oxygens (including phenoxy) is 1. The number of aromatic nitrogens is 2. The smallest absolute Gasteiger partial charge is 0.267 e. The third-order valence-electron chi connectivity index (χ3n) is 5.10. The first kappa shape index (κ1) is 24.4. The van der Waals surface area contributed by atoms with Crippen LogP contribution in [0.5, 0.6) is 0 Å². The SMILES string of the molecule is CCCCCN1C(=O)/C(=C\c2c(NCCCOCC)nc3ccc(C)cn3c2=O)SC1=S. The maximum Gasteiger partial charge on any atom is 0.267 e. The van der Waals surface area contributed by atoms with Crippen LogP contribution in [0.1, 0.15) is 50.7 Å². The molecule has 32 heavy (non-hydrogen) atoms. The molecule has 172 valence electrons. The van der Waals surface area contributed by atoms with Crippen LogP contribution in [0.4, 0.5) is 5.82 Å². The van der Waals surface area contributed by atoms with E-state index >= 15 is 0 Å². The summed E-state index contributed by atoms with van der Waals surface area (Å²) in [7, 11) is 0. The summed E-state index contributed by atoms with van der Waals surface area (Å²) < 4.78 is 7.45. The molecule has 2 aromatic rings. The maximum absolute atomic E-state index is 13.4. The van der Waals surface area contributed by atoms with Crippen LogP contribution >= 0.6 is 24.0 Å². The number of thiocarbonyl (C=S) groups is 1. The molecular formula is C23H30N4O3S2. The highest BCUT2D eigenvalue weighted by atomic mass is 32.2. The fraction of sp³-hybridized carbons (Fsp3) is 0.478. The second-order valence-corrected chi connectivity index (χ2v) is 9.31. The number of nitrogens with one attached hydrogen (secondary N) is 1. The molecule has 7 nitrogen and oxygen atoms in total. The fourth-order valence-electron chi connectivity index (χ4n) is 3.39. The monoisotopic (exact) mass is 474 g/mol. The van der Waals surface area contributed by atoms with Gasteiger partial charge in [-0.05, 0) is 44.4 Å². The van der Waals surface area contributed by atoms with Crippen LogP contribution in [0, 0.1) is 6.92 Å². The van der Waals surface area contributed by atoms with Crippen molar-refractivity contribution in [1.29, 1.82) is 0 Å². The molecule has 0 atom stereocenters. The minimum Gasteiger partial charge on any atom is -0.382 e. The van der Waals surface area contributed by atoms with Gasteiger partial charge in [-0.1, -0.05) is 49.8 Å². The number of nitrogens with zero attached hydrogens (tertiary/aromatic N) is 3. The van der Waals surface area contributed by atoms with Crippen molar-refractivity contribution in [3.63, 3.8) is 0 Å². The van der Waals surface area contributed by atoms with E-state index in [2.05, 4.69) is 17.2 Å². The number of hydrogen-bond donors (Lipinski definition) is 1. The van der Waals surface area contributed by atoms with E-state index in [1.165, 1.54) is 16.2 Å². The molecule has 0 aliphatic carbocycles. The molecule has 3 heterocycles. The molecule has 1 fully saturated rings. The third kappa shape index (κ3) is 5.76. The van der Waals surface area contributed by atoms with Gasteiger partial charge in [0, 0.05) is 32.5 Å². The quantitative estimate of drug-likeness (QED) is 0.297. The number of carbonyl (C=O) groups is 1. The Bertz CT molecular complexity index is 1080. The van der Waals surface area contributed by atoms with Crippen molar-refractivity contribution in [2.75, 3.05) is 31.6 Å². The van der Waals surface area contributed by atoms with Gasteiger partial charge in [0.2, 0.25) is 0 Å². The summed E-state index contributed by atoms with van der Waals surface area (Å²) in [5.41, 5.74) is 1.64. The van der Waals surface area contributed by atoms with Crippen LogP contribution in [0.15, 0.2) is 28.0 Å². The van der Waals surface area contributed by atoms with E-state index in [0.717, 1.165) is 31.2 Å². The standard InChI is InChI=1S/C23H30N4O3S2/c1-4-6-7-12-26-22(29)18(32-23(26)31)14-17-20(24-11-8-13-30-5-2)25-19-10-9-16(3)15-27(19)21(17)28/h9-10,14-15,24H,4-8,11-13H2,1-3H3/b18-14+. The zero-order valence-corrected chi connectivity index (χ0v) is 20.5. The largest absolute Gasteiger partial charge is 0.382 e. The Hall–Kier alpha value is -2.23. The molecule has 0 radical (unpaired) electrons. The highest BCUT2D eigenvalue weighted by Crippen LogP contribution is 2.33. The zero-order chi connectivity index (χ0) is 23.1. The molecule has 9 heteroatoms. The summed E-state index contributed by atoms with van der Waals surface area (Å²) >= 11 is 6.67. The number of aryl methyl sites for hydroxylation is 1. The molecule has 2 aromatic heterocycles. The Morgan fingerprint density at radius 2 is 2.03 bits per heavy atom. The summed E-state index contributed by atoms with van der Waals surface area (Å²) in [4.78, 5) is 33.1. The Balaban J connectivity index is 1.95. The Labute approximate surface area is 198 Å². The minimum atomic E-state index is -0.220. The summed E-state index contributed by atoms with van der Waals surface area (Å²) in [6.07, 6.45) is 7.19. The van der Waals surface area contributed by atoms with Crippen molar-refractivity contribution in [1.82, 2.24) is 14.3 Å². The summed E-state index contributed by atoms with van der Waals surface area (Å²) in [6.45, 7) is 8.50. The van der Waals surface area contributed by atoms with Crippen molar-refractivity contribution in [2.24, 2.45) is 0 Å².